The summed E-state index contributed by atoms with van der Waals surface area (Å²) in [6, 6.07) is 2.43. The highest BCUT2D eigenvalue weighted by Gasteiger charge is 2.25. The lowest BCUT2D eigenvalue weighted by atomic mass is 10.3. The minimum Gasteiger partial charge on any atom is -0.311 e. The number of nitrogens with zero attached hydrogens (tertiary/aromatic N) is 2. The van der Waals surface area contributed by atoms with E-state index in [1.807, 2.05) is 5.38 Å². The lowest BCUT2D eigenvalue weighted by Crippen LogP contribution is -2.30. The third-order valence-electron chi connectivity index (χ3n) is 2.96. The molecule has 1 saturated carbocycles. The largest absolute Gasteiger partial charge is 0.324 e. The van der Waals surface area contributed by atoms with Gasteiger partial charge in [0.2, 0.25) is 0 Å². The van der Waals surface area contributed by atoms with E-state index >= 15 is 0 Å². The maximum Gasteiger partial charge on any atom is 0.324 e. The van der Waals surface area contributed by atoms with Crippen molar-refractivity contribution in [2.45, 2.75) is 25.4 Å². The summed E-state index contributed by atoms with van der Waals surface area (Å²) in [6.07, 6.45) is 2.65. The number of hydrogen-bond donors (Lipinski definition) is 1. The highest BCUT2D eigenvalue weighted by Crippen LogP contribution is 2.24. The van der Waals surface area contributed by atoms with E-state index in [1.165, 1.54) is 24.2 Å². The Morgan fingerprint density at radius 3 is 3.00 bits per heavy atom. The van der Waals surface area contributed by atoms with E-state index in [0.717, 1.165) is 24.7 Å². The molecule has 1 aliphatic carbocycles. The van der Waals surface area contributed by atoms with Crippen LogP contribution >= 0.6 is 11.3 Å². The number of nitrogens with one attached hydrogen (secondary N) is 1. The molecule has 0 atom stereocenters. The molecule has 94 valence electrons. The van der Waals surface area contributed by atoms with E-state index in [-0.39, 0.29) is 9.92 Å². The Hall–Kier alpha value is -0.980. The molecule has 1 aromatic heterocycles. The molecule has 5 nitrogen and oxygen atoms in total. The Kier molecular flexibility index (Phi) is 4.09. The van der Waals surface area contributed by atoms with Crippen molar-refractivity contribution in [3.05, 3.63) is 27.1 Å². The summed E-state index contributed by atoms with van der Waals surface area (Å²) in [5.74, 6) is 0. The Morgan fingerprint density at radius 2 is 2.41 bits per heavy atom. The number of nitro groups is 1. The van der Waals surface area contributed by atoms with Crippen molar-refractivity contribution in [3.63, 3.8) is 0 Å². The molecular formula is C11H17N3O2S. The van der Waals surface area contributed by atoms with Crippen LogP contribution in [0.2, 0.25) is 0 Å². The standard InChI is InChI=1S/C11H17N3O2S/c1-13(10-2-3-10)5-4-12-7-9-6-11(14(15)16)17-8-9/h6,8,10,12H,2-5,7H2,1H3. The summed E-state index contributed by atoms with van der Waals surface area (Å²) in [7, 11) is 2.15. The first-order valence-corrected chi connectivity index (χ1v) is 6.67. The molecule has 17 heavy (non-hydrogen) atoms. The maximum atomic E-state index is 10.5. The molecule has 0 saturated heterocycles. The van der Waals surface area contributed by atoms with Gasteiger partial charge in [-0.2, -0.15) is 0 Å². The first-order chi connectivity index (χ1) is 8.16. The van der Waals surface area contributed by atoms with Crippen molar-refractivity contribution >= 4 is 16.3 Å². The molecule has 1 aromatic rings. The minimum atomic E-state index is -0.338. The van der Waals surface area contributed by atoms with E-state index in [2.05, 4.69) is 17.3 Å². The van der Waals surface area contributed by atoms with Gasteiger partial charge in [-0.15, -0.1) is 0 Å². The summed E-state index contributed by atoms with van der Waals surface area (Å²) in [6.45, 7) is 2.68. The molecule has 1 aliphatic rings. The zero-order valence-corrected chi connectivity index (χ0v) is 10.7. The predicted octanol–water partition coefficient (Wildman–Crippen LogP) is 1.84. The van der Waals surface area contributed by atoms with Gasteiger partial charge in [-0.05, 0) is 25.5 Å². The van der Waals surface area contributed by atoms with Crippen LogP contribution in [0.25, 0.3) is 0 Å². The monoisotopic (exact) mass is 255 g/mol. The number of thiophene rings is 1. The molecule has 1 fully saturated rings. The van der Waals surface area contributed by atoms with Gasteiger partial charge < -0.3 is 10.2 Å². The van der Waals surface area contributed by atoms with Crippen LogP contribution in [-0.4, -0.2) is 36.0 Å². The van der Waals surface area contributed by atoms with Gasteiger partial charge in [0.25, 0.3) is 0 Å². The molecule has 0 bridgehead atoms. The molecule has 0 radical (unpaired) electrons. The van der Waals surface area contributed by atoms with Crippen LogP contribution in [-0.2, 0) is 6.54 Å². The highest BCUT2D eigenvalue weighted by molar-refractivity contribution is 7.13. The highest BCUT2D eigenvalue weighted by atomic mass is 32.1. The Labute approximate surface area is 105 Å². The number of likely N-dealkylation sites (N-methyl/N-ethyl adjacent to an activating group) is 1. The summed E-state index contributed by atoms with van der Waals surface area (Å²) in [5.41, 5.74) is 0.996. The zero-order chi connectivity index (χ0) is 12.3. The molecule has 1 heterocycles. The lowest BCUT2D eigenvalue weighted by molar-refractivity contribution is -0.380. The molecule has 0 aliphatic heterocycles. The third-order valence-corrected chi connectivity index (χ3v) is 3.89. The van der Waals surface area contributed by atoms with Crippen molar-refractivity contribution < 1.29 is 4.92 Å². The summed E-state index contributed by atoms with van der Waals surface area (Å²) < 4.78 is 0. The van der Waals surface area contributed by atoms with E-state index < -0.39 is 0 Å². The van der Waals surface area contributed by atoms with Crippen LogP contribution in [0.1, 0.15) is 18.4 Å². The van der Waals surface area contributed by atoms with Crippen LogP contribution in [0.15, 0.2) is 11.4 Å². The zero-order valence-electron chi connectivity index (χ0n) is 9.89. The van der Waals surface area contributed by atoms with Crippen molar-refractivity contribution in [1.29, 1.82) is 0 Å². The Balaban J connectivity index is 1.65. The second kappa shape index (κ2) is 5.57. The third kappa shape index (κ3) is 3.76. The van der Waals surface area contributed by atoms with E-state index in [4.69, 9.17) is 0 Å². The van der Waals surface area contributed by atoms with Crippen LogP contribution in [0.5, 0.6) is 0 Å². The first kappa shape index (κ1) is 12.5. The average Bonchev–Trinajstić information content (AvgIpc) is 3.03. The van der Waals surface area contributed by atoms with Gasteiger partial charge in [0.05, 0.1) is 4.92 Å². The van der Waals surface area contributed by atoms with Crippen molar-refractivity contribution in [3.8, 4) is 0 Å². The second-order valence-electron chi connectivity index (χ2n) is 4.44. The quantitative estimate of drug-likeness (QED) is 0.459. The van der Waals surface area contributed by atoms with Crippen molar-refractivity contribution in [1.82, 2.24) is 10.2 Å². The maximum absolute atomic E-state index is 10.5. The summed E-state index contributed by atoms with van der Waals surface area (Å²) in [5, 5.41) is 15.9. The summed E-state index contributed by atoms with van der Waals surface area (Å²) >= 11 is 1.19. The first-order valence-electron chi connectivity index (χ1n) is 5.79. The predicted molar refractivity (Wildman–Crippen MR) is 68.3 cm³/mol. The lowest BCUT2D eigenvalue weighted by Gasteiger charge is -2.15. The number of hydrogen-bond acceptors (Lipinski definition) is 5. The molecule has 0 amide bonds. The SMILES string of the molecule is CN(CCNCc1csc([N+](=O)[O-])c1)C1CC1. The van der Waals surface area contributed by atoms with Crippen LogP contribution < -0.4 is 5.32 Å². The molecule has 0 unspecified atom stereocenters. The van der Waals surface area contributed by atoms with E-state index in [0.29, 0.717) is 6.54 Å². The fourth-order valence-electron chi connectivity index (χ4n) is 1.74. The minimum absolute atomic E-state index is 0.219. The van der Waals surface area contributed by atoms with Gasteiger partial charge in [-0.3, -0.25) is 10.1 Å². The number of rotatable bonds is 7. The fourth-order valence-corrected chi connectivity index (χ4v) is 2.47. The van der Waals surface area contributed by atoms with E-state index in [9.17, 15) is 10.1 Å². The van der Waals surface area contributed by atoms with Gasteiger partial charge in [0.1, 0.15) is 0 Å². The molecule has 6 heteroatoms. The molecular weight excluding hydrogens is 238 g/mol. The fraction of sp³-hybridized carbons (Fsp3) is 0.636. The Bertz CT molecular complexity index is 390. The molecule has 0 aromatic carbocycles. The topological polar surface area (TPSA) is 58.4 Å². The summed E-state index contributed by atoms with van der Waals surface area (Å²) in [4.78, 5) is 12.5. The van der Waals surface area contributed by atoms with Crippen LogP contribution in [0.3, 0.4) is 0 Å². The molecule has 1 N–H and O–H groups in total. The Morgan fingerprint density at radius 1 is 1.65 bits per heavy atom. The second-order valence-corrected chi connectivity index (χ2v) is 5.33. The van der Waals surface area contributed by atoms with Gasteiger partial charge in [-0.25, -0.2) is 0 Å². The smallest absolute Gasteiger partial charge is 0.311 e. The van der Waals surface area contributed by atoms with Crippen molar-refractivity contribution in [2.24, 2.45) is 0 Å². The van der Waals surface area contributed by atoms with E-state index in [1.54, 1.807) is 6.07 Å². The van der Waals surface area contributed by atoms with Crippen LogP contribution in [0, 0.1) is 10.1 Å². The van der Waals surface area contributed by atoms with Gasteiger partial charge in [0.15, 0.2) is 0 Å². The van der Waals surface area contributed by atoms with Crippen LogP contribution in [0.4, 0.5) is 5.00 Å². The van der Waals surface area contributed by atoms with Gasteiger partial charge in [0, 0.05) is 37.1 Å². The normalized spacial score (nSPS) is 15.4. The van der Waals surface area contributed by atoms with Gasteiger partial charge in [-0.1, -0.05) is 11.3 Å². The average molecular weight is 255 g/mol. The van der Waals surface area contributed by atoms with Gasteiger partial charge >= 0.3 is 5.00 Å². The molecule has 2 rings (SSSR count). The van der Waals surface area contributed by atoms with Crippen molar-refractivity contribution in [2.75, 3.05) is 20.1 Å². The molecule has 0 spiro atoms.